The minimum atomic E-state index is -0.414. The Bertz CT molecular complexity index is 509. The van der Waals surface area contributed by atoms with E-state index in [1.807, 2.05) is 36.4 Å². The summed E-state index contributed by atoms with van der Waals surface area (Å²) in [6.07, 6.45) is 0.493. The molecule has 3 rings (SSSR count). The maximum atomic E-state index is 10.2. The van der Waals surface area contributed by atoms with Crippen LogP contribution in [0.5, 0.6) is 0 Å². The average Bonchev–Trinajstić information content (AvgIpc) is 2.49. The van der Waals surface area contributed by atoms with Gasteiger partial charge in [0.25, 0.3) is 0 Å². The largest absolute Gasteiger partial charge is 0.390 e. The highest BCUT2D eigenvalue weighted by Crippen LogP contribution is 2.37. The van der Waals surface area contributed by atoms with Crippen molar-refractivity contribution in [2.75, 3.05) is 6.61 Å². The molecule has 19 heavy (non-hydrogen) atoms. The highest BCUT2D eigenvalue weighted by Gasteiger charge is 2.31. The molecule has 0 amide bonds. The van der Waals surface area contributed by atoms with Crippen LogP contribution in [0.25, 0.3) is 0 Å². The molecule has 0 spiro atoms. The van der Waals surface area contributed by atoms with E-state index < -0.39 is 6.10 Å². The van der Waals surface area contributed by atoms with Gasteiger partial charge in [-0.2, -0.15) is 0 Å². The van der Waals surface area contributed by atoms with Crippen molar-refractivity contribution in [1.82, 2.24) is 0 Å². The van der Waals surface area contributed by atoms with Gasteiger partial charge in [0.15, 0.2) is 0 Å². The Balaban J connectivity index is 1.82. The van der Waals surface area contributed by atoms with Crippen molar-refractivity contribution < 1.29 is 9.84 Å². The van der Waals surface area contributed by atoms with Crippen LogP contribution in [0.4, 0.5) is 0 Å². The molecule has 98 valence electrons. The molecule has 1 aliphatic rings. The lowest BCUT2D eigenvalue weighted by atomic mass is 9.85. The zero-order chi connectivity index (χ0) is 13.1. The average molecular weight is 254 g/mol. The SMILES string of the molecule is O[C@@H]1CO[C@@H](c2ccccc2)C[C@H]1c1ccccc1. The molecule has 0 aromatic heterocycles. The number of ether oxygens (including phenoxy) is 1. The van der Waals surface area contributed by atoms with Crippen molar-refractivity contribution in [3.05, 3.63) is 71.8 Å². The van der Waals surface area contributed by atoms with Gasteiger partial charge in [-0.3, -0.25) is 0 Å². The molecule has 1 saturated heterocycles. The summed E-state index contributed by atoms with van der Waals surface area (Å²) >= 11 is 0. The quantitative estimate of drug-likeness (QED) is 0.891. The molecule has 2 nitrogen and oxygen atoms in total. The number of aliphatic hydroxyl groups excluding tert-OH is 1. The van der Waals surface area contributed by atoms with Crippen molar-refractivity contribution in [3.8, 4) is 0 Å². The highest BCUT2D eigenvalue weighted by molar-refractivity contribution is 5.24. The van der Waals surface area contributed by atoms with E-state index >= 15 is 0 Å². The second-order valence-electron chi connectivity index (χ2n) is 5.05. The molecule has 1 heterocycles. The van der Waals surface area contributed by atoms with E-state index in [9.17, 15) is 5.11 Å². The van der Waals surface area contributed by atoms with Crippen molar-refractivity contribution >= 4 is 0 Å². The summed E-state index contributed by atoms with van der Waals surface area (Å²) in [5, 5.41) is 10.2. The minimum absolute atomic E-state index is 0.0785. The molecule has 1 aliphatic heterocycles. The van der Waals surface area contributed by atoms with Crippen LogP contribution < -0.4 is 0 Å². The van der Waals surface area contributed by atoms with E-state index in [1.165, 1.54) is 11.1 Å². The summed E-state index contributed by atoms with van der Waals surface area (Å²) in [5.74, 6) is 0.153. The van der Waals surface area contributed by atoms with Crippen LogP contribution in [-0.4, -0.2) is 17.8 Å². The Morgan fingerprint density at radius 2 is 1.42 bits per heavy atom. The summed E-state index contributed by atoms with van der Waals surface area (Å²) in [5.41, 5.74) is 2.38. The first-order valence-corrected chi connectivity index (χ1v) is 6.74. The minimum Gasteiger partial charge on any atom is -0.390 e. The standard InChI is InChI=1S/C17H18O2/c18-16-12-19-17(14-9-5-2-6-10-14)11-15(16)13-7-3-1-4-8-13/h1-10,15-18H,11-12H2/t15-,16+,17+/m0/s1. The molecule has 3 atom stereocenters. The number of rotatable bonds is 2. The van der Waals surface area contributed by atoms with E-state index in [4.69, 9.17) is 4.74 Å². The molecule has 0 radical (unpaired) electrons. The molecule has 0 bridgehead atoms. The van der Waals surface area contributed by atoms with Crippen LogP contribution in [0.3, 0.4) is 0 Å². The Kier molecular flexibility index (Phi) is 3.62. The van der Waals surface area contributed by atoms with Gasteiger partial charge in [0.05, 0.1) is 18.8 Å². The maximum absolute atomic E-state index is 10.2. The number of aliphatic hydroxyl groups is 1. The van der Waals surface area contributed by atoms with Crippen molar-refractivity contribution in [3.63, 3.8) is 0 Å². The molecule has 2 aromatic carbocycles. The van der Waals surface area contributed by atoms with E-state index in [2.05, 4.69) is 24.3 Å². The predicted octanol–water partition coefficient (Wildman–Crippen LogP) is 3.29. The fraction of sp³-hybridized carbons (Fsp3) is 0.294. The Labute approximate surface area is 113 Å². The predicted molar refractivity (Wildman–Crippen MR) is 74.9 cm³/mol. The third-order valence-corrected chi connectivity index (χ3v) is 3.80. The van der Waals surface area contributed by atoms with E-state index in [1.54, 1.807) is 0 Å². The third-order valence-electron chi connectivity index (χ3n) is 3.80. The van der Waals surface area contributed by atoms with E-state index in [0.29, 0.717) is 6.61 Å². The fourth-order valence-electron chi connectivity index (χ4n) is 2.75. The van der Waals surface area contributed by atoms with Crippen LogP contribution in [0, 0.1) is 0 Å². The van der Waals surface area contributed by atoms with Crippen LogP contribution in [0.1, 0.15) is 29.6 Å². The summed E-state index contributed by atoms with van der Waals surface area (Å²) in [4.78, 5) is 0. The van der Waals surface area contributed by atoms with Crippen molar-refractivity contribution in [2.45, 2.75) is 24.5 Å². The maximum Gasteiger partial charge on any atom is 0.0843 e. The lowest BCUT2D eigenvalue weighted by Gasteiger charge is -2.34. The van der Waals surface area contributed by atoms with Gasteiger partial charge in [-0.15, -0.1) is 0 Å². The van der Waals surface area contributed by atoms with Gasteiger partial charge in [0, 0.05) is 5.92 Å². The molecular formula is C17H18O2. The molecule has 0 unspecified atom stereocenters. The van der Waals surface area contributed by atoms with Crippen molar-refractivity contribution in [1.29, 1.82) is 0 Å². The molecule has 2 aromatic rings. The summed E-state index contributed by atoms with van der Waals surface area (Å²) in [7, 11) is 0. The monoisotopic (exact) mass is 254 g/mol. The molecular weight excluding hydrogens is 236 g/mol. The third kappa shape index (κ3) is 2.70. The van der Waals surface area contributed by atoms with Gasteiger partial charge in [-0.05, 0) is 17.5 Å². The molecule has 0 aliphatic carbocycles. The van der Waals surface area contributed by atoms with Gasteiger partial charge in [-0.25, -0.2) is 0 Å². The van der Waals surface area contributed by atoms with Crippen molar-refractivity contribution in [2.24, 2.45) is 0 Å². The van der Waals surface area contributed by atoms with Crippen LogP contribution >= 0.6 is 0 Å². The summed E-state index contributed by atoms with van der Waals surface area (Å²) < 4.78 is 5.78. The first-order chi connectivity index (χ1) is 9.34. The topological polar surface area (TPSA) is 29.5 Å². The normalized spacial score (nSPS) is 27.1. The van der Waals surface area contributed by atoms with Crippen LogP contribution in [0.15, 0.2) is 60.7 Å². The van der Waals surface area contributed by atoms with E-state index in [0.717, 1.165) is 6.42 Å². The van der Waals surface area contributed by atoms with Gasteiger partial charge in [-0.1, -0.05) is 60.7 Å². The van der Waals surface area contributed by atoms with Gasteiger partial charge in [0.1, 0.15) is 0 Å². The van der Waals surface area contributed by atoms with Gasteiger partial charge in [0.2, 0.25) is 0 Å². The lowest BCUT2D eigenvalue weighted by molar-refractivity contribution is -0.0698. The Hall–Kier alpha value is -1.64. The first kappa shape index (κ1) is 12.4. The molecule has 2 heteroatoms. The molecule has 0 saturated carbocycles. The second kappa shape index (κ2) is 5.55. The number of hydrogen-bond acceptors (Lipinski definition) is 2. The zero-order valence-corrected chi connectivity index (χ0v) is 10.8. The summed E-state index contributed by atoms with van der Waals surface area (Å²) in [6, 6.07) is 20.5. The van der Waals surface area contributed by atoms with Gasteiger partial charge >= 0.3 is 0 Å². The van der Waals surface area contributed by atoms with Crippen LogP contribution in [-0.2, 0) is 4.74 Å². The smallest absolute Gasteiger partial charge is 0.0843 e. The van der Waals surface area contributed by atoms with Crippen LogP contribution in [0.2, 0.25) is 0 Å². The zero-order valence-electron chi connectivity index (χ0n) is 10.8. The molecule has 1 fully saturated rings. The fourth-order valence-corrected chi connectivity index (χ4v) is 2.75. The lowest BCUT2D eigenvalue weighted by Crippen LogP contribution is -2.32. The number of hydrogen-bond donors (Lipinski definition) is 1. The Morgan fingerprint density at radius 3 is 2.05 bits per heavy atom. The summed E-state index contributed by atoms with van der Waals surface area (Å²) in [6.45, 7) is 0.402. The first-order valence-electron chi connectivity index (χ1n) is 6.74. The molecule has 1 N–H and O–H groups in total. The van der Waals surface area contributed by atoms with Gasteiger partial charge < -0.3 is 9.84 Å². The highest BCUT2D eigenvalue weighted by atomic mass is 16.5. The van der Waals surface area contributed by atoms with E-state index in [-0.39, 0.29) is 12.0 Å². The second-order valence-corrected chi connectivity index (χ2v) is 5.05. The Morgan fingerprint density at radius 1 is 0.842 bits per heavy atom. The number of benzene rings is 2.